The van der Waals surface area contributed by atoms with Crippen LogP contribution in [-0.2, 0) is 0 Å². The molecule has 0 amide bonds. The average Bonchev–Trinajstić information content (AvgIpc) is 2.01. The van der Waals surface area contributed by atoms with Crippen LogP contribution in [0, 0.1) is 17.8 Å². The largest absolute Gasteiger partial charge is 0.0622 e. The summed E-state index contributed by atoms with van der Waals surface area (Å²) in [7, 11) is 0. The first kappa shape index (κ1) is 7.64. The van der Waals surface area contributed by atoms with Crippen LogP contribution >= 0.6 is 0 Å². The van der Waals surface area contributed by atoms with Crippen molar-refractivity contribution in [3.63, 3.8) is 0 Å². The first-order chi connectivity index (χ1) is 5.36. The van der Waals surface area contributed by atoms with E-state index in [0.29, 0.717) is 0 Å². The molecule has 0 aromatic carbocycles. The molecule has 3 rings (SSSR count). The molecule has 3 aliphatic carbocycles. The molecule has 11 heavy (non-hydrogen) atoms. The van der Waals surface area contributed by atoms with Gasteiger partial charge in [0.1, 0.15) is 0 Å². The van der Waals surface area contributed by atoms with Crippen molar-refractivity contribution in [3.8, 4) is 0 Å². The monoisotopic (exact) mass is 152 g/mol. The fourth-order valence-electron chi connectivity index (χ4n) is 3.01. The minimum Gasteiger partial charge on any atom is -0.0622 e. The normalized spacial score (nSPS) is 45.0. The van der Waals surface area contributed by atoms with Crippen molar-refractivity contribution in [3.05, 3.63) is 0 Å². The van der Waals surface area contributed by atoms with E-state index < -0.39 is 0 Å². The van der Waals surface area contributed by atoms with Gasteiger partial charge >= 0.3 is 0 Å². The number of rotatable bonds is 0. The van der Waals surface area contributed by atoms with E-state index in [1.54, 1.807) is 25.7 Å². The lowest BCUT2D eigenvalue weighted by Gasteiger charge is -2.35. The van der Waals surface area contributed by atoms with Gasteiger partial charge in [0.2, 0.25) is 0 Å². The summed E-state index contributed by atoms with van der Waals surface area (Å²) >= 11 is 0. The third kappa shape index (κ3) is 1.60. The molecule has 0 unspecified atom stereocenters. The minimum atomic E-state index is 1.04. The first-order valence-corrected chi connectivity index (χ1v) is 5.36. The molecule has 0 aromatic rings. The molecule has 0 heterocycles. The zero-order chi connectivity index (χ0) is 7.68. The molecule has 0 heteroatoms. The van der Waals surface area contributed by atoms with E-state index >= 15 is 0 Å². The van der Waals surface area contributed by atoms with Crippen LogP contribution in [0.5, 0.6) is 0 Å². The third-order valence-corrected chi connectivity index (χ3v) is 3.97. The van der Waals surface area contributed by atoms with Crippen LogP contribution in [0.1, 0.15) is 51.9 Å². The van der Waals surface area contributed by atoms with Crippen molar-refractivity contribution < 1.29 is 0 Å². The summed E-state index contributed by atoms with van der Waals surface area (Å²) in [5.41, 5.74) is 0. The van der Waals surface area contributed by atoms with Gasteiger partial charge in [0.25, 0.3) is 0 Å². The van der Waals surface area contributed by atoms with Crippen LogP contribution < -0.4 is 0 Å². The fraction of sp³-hybridized carbons (Fsp3) is 1.00. The molecule has 3 aliphatic rings. The van der Waals surface area contributed by atoms with E-state index in [1.807, 2.05) is 0 Å². The Hall–Kier alpha value is 0. The Balaban J connectivity index is 2.00. The summed E-state index contributed by atoms with van der Waals surface area (Å²) in [4.78, 5) is 0. The Bertz CT molecular complexity index is 117. The standard InChI is InChI=1S/C11H20/c1-9-3-2-4-10-5-7-11(9)8-6-10/h9-11H,2-8H2,1H3/t9-,10?,11?/m1/s1. The zero-order valence-electron chi connectivity index (χ0n) is 7.68. The number of hydrogen-bond donors (Lipinski definition) is 0. The molecule has 0 aromatic heterocycles. The molecule has 64 valence electrons. The summed E-state index contributed by atoms with van der Waals surface area (Å²) < 4.78 is 0. The van der Waals surface area contributed by atoms with E-state index in [0.717, 1.165) is 17.8 Å². The molecule has 0 radical (unpaired) electrons. The van der Waals surface area contributed by atoms with Crippen LogP contribution in [-0.4, -0.2) is 0 Å². The van der Waals surface area contributed by atoms with Crippen molar-refractivity contribution in [1.82, 2.24) is 0 Å². The lowest BCUT2D eigenvalue weighted by molar-refractivity contribution is 0.166. The van der Waals surface area contributed by atoms with E-state index in [1.165, 1.54) is 19.3 Å². The first-order valence-electron chi connectivity index (χ1n) is 5.36. The summed E-state index contributed by atoms with van der Waals surface area (Å²) in [6.45, 7) is 2.47. The fourth-order valence-corrected chi connectivity index (χ4v) is 3.01. The molecule has 0 N–H and O–H groups in total. The summed E-state index contributed by atoms with van der Waals surface area (Å²) in [5, 5.41) is 0. The Morgan fingerprint density at radius 3 is 2.27 bits per heavy atom. The maximum absolute atomic E-state index is 2.47. The van der Waals surface area contributed by atoms with Gasteiger partial charge in [0.15, 0.2) is 0 Å². The maximum atomic E-state index is 2.47. The van der Waals surface area contributed by atoms with Crippen LogP contribution in [0.15, 0.2) is 0 Å². The molecule has 0 saturated heterocycles. The Kier molecular flexibility index (Phi) is 2.20. The van der Waals surface area contributed by atoms with Crippen LogP contribution in [0.3, 0.4) is 0 Å². The Labute approximate surface area is 70.4 Å². The third-order valence-electron chi connectivity index (χ3n) is 3.97. The average molecular weight is 152 g/mol. The van der Waals surface area contributed by atoms with Crippen molar-refractivity contribution in [2.24, 2.45) is 17.8 Å². The summed E-state index contributed by atoms with van der Waals surface area (Å²) in [6.07, 6.45) is 10.8. The number of fused-ring (bicyclic) bond motifs is 5. The lowest BCUT2D eigenvalue weighted by atomic mass is 9.71. The van der Waals surface area contributed by atoms with Crippen LogP contribution in [0.25, 0.3) is 0 Å². The van der Waals surface area contributed by atoms with Gasteiger partial charge in [-0.2, -0.15) is 0 Å². The Morgan fingerprint density at radius 1 is 0.818 bits per heavy atom. The molecular weight excluding hydrogens is 132 g/mol. The van der Waals surface area contributed by atoms with E-state index in [2.05, 4.69) is 6.92 Å². The SMILES string of the molecule is C[C@@H]1CCCC2CCC1CC2. The highest BCUT2D eigenvalue weighted by atomic mass is 14.3. The molecule has 3 fully saturated rings. The molecule has 0 aliphatic heterocycles. The second-order valence-electron chi connectivity index (χ2n) is 4.69. The summed E-state index contributed by atoms with van der Waals surface area (Å²) in [6, 6.07) is 0. The highest BCUT2D eigenvalue weighted by molar-refractivity contribution is 4.79. The van der Waals surface area contributed by atoms with Crippen LogP contribution in [0.4, 0.5) is 0 Å². The molecule has 1 atom stereocenters. The van der Waals surface area contributed by atoms with Crippen molar-refractivity contribution in [2.75, 3.05) is 0 Å². The Morgan fingerprint density at radius 2 is 1.55 bits per heavy atom. The summed E-state index contributed by atoms with van der Waals surface area (Å²) in [5.74, 6) is 3.27. The molecule has 3 saturated carbocycles. The predicted octanol–water partition coefficient (Wildman–Crippen LogP) is 3.61. The predicted molar refractivity (Wildman–Crippen MR) is 48.5 cm³/mol. The maximum Gasteiger partial charge on any atom is -0.0388 e. The zero-order valence-corrected chi connectivity index (χ0v) is 7.68. The van der Waals surface area contributed by atoms with E-state index in [4.69, 9.17) is 0 Å². The van der Waals surface area contributed by atoms with Gasteiger partial charge < -0.3 is 0 Å². The van der Waals surface area contributed by atoms with Crippen molar-refractivity contribution in [2.45, 2.75) is 51.9 Å². The second kappa shape index (κ2) is 3.16. The second-order valence-corrected chi connectivity index (χ2v) is 4.69. The topological polar surface area (TPSA) is 0 Å². The van der Waals surface area contributed by atoms with Gasteiger partial charge in [-0.15, -0.1) is 0 Å². The van der Waals surface area contributed by atoms with Gasteiger partial charge in [-0.1, -0.05) is 39.0 Å². The quantitative estimate of drug-likeness (QED) is 0.497. The van der Waals surface area contributed by atoms with Gasteiger partial charge in [0.05, 0.1) is 0 Å². The molecular formula is C11H20. The van der Waals surface area contributed by atoms with Gasteiger partial charge in [-0.05, 0) is 30.6 Å². The molecule has 2 bridgehead atoms. The smallest absolute Gasteiger partial charge is 0.0388 e. The number of hydrogen-bond acceptors (Lipinski definition) is 0. The minimum absolute atomic E-state index is 1.04. The van der Waals surface area contributed by atoms with Gasteiger partial charge in [0, 0.05) is 0 Å². The van der Waals surface area contributed by atoms with E-state index in [-0.39, 0.29) is 0 Å². The van der Waals surface area contributed by atoms with Crippen molar-refractivity contribution >= 4 is 0 Å². The van der Waals surface area contributed by atoms with Crippen molar-refractivity contribution in [1.29, 1.82) is 0 Å². The lowest BCUT2D eigenvalue weighted by Crippen LogP contribution is -2.23. The van der Waals surface area contributed by atoms with E-state index in [9.17, 15) is 0 Å². The highest BCUT2D eigenvalue weighted by Crippen LogP contribution is 2.40. The molecule has 0 nitrogen and oxygen atoms in total. The van der Waals surface area contributed by atoms with Crippen LogP contribution in [0.2, 0.25) is 0 Å². The molecule has 0 spiro atoms. The van der Waals surface area contributed by atoms with Gasteiger partial charge in [-0.3, -0.25) is 0 Å². The van der Waals surface area contributed by atoms with Gasteiger partial charge in [-0.25, -0.2) is 0 Å². The highest BCUT2D eigenvalue weighted by Gasteiger charge is 2.27.